The van der Waals surface area contributed by atoms with Gasteiger partial charge >= 0.3 is 0 Å². The molecule has 0 aliphatic rings. The van der Waals surface area contributed by atoms with E-state index in [1.54, 1.807) is 6.92 Å². The molecule has 0 saturated carbocycles. The number of Topliss-reactive ketones (excluding diaryl/α,β-unsaturated/α-hetero) is 2. The second-order valence-electron chi connectivity index (χ2n) is 6.16. The Hall–Kier alpha value is -2.08. The fourth-order valence-corrected chi connectivity index (χ4v) is 2.34. The molecule has 2 aromatic carbocycles. The Balaban J connectivity index is 1.91. The summed E-state index contributed by atoms with van der Waals surface area (Å²) in [7, 11) is 0. The maximum atomic E-state index is 11.0. The van der Waals surface area contributed by atoms with Crippen LogP contribution >= 0.6 is 0 Å². The number of aliphatic hydroxyl groups excluding tert-OH is 1. The largest absolute Gasteiger partial charge is 0.383 e. The maximum Gasteiger partial charge on any atom is 0.160 e. The van der Waals surface area contributed by atoms with E-state index in [-0.39, 0.29) is 18.2 Å². The number of hydrogen-bond donors (Lipinski definition) is 1. The molecule has 25 heavy (non-hydrogen) atoms. The third-order valence-corrected chi connectivity index (χ3v) is 3.85. The summed E-state index contributed by atoms with van der Waals surface area (Å²) < 4.78 is 10.9. The number of carbonyl (C=O) groups excluding carboxylic acids is 2. The van der Waals surface area contributed by atoms with Gasteiger partial charge < -0.3 is 14.6 Å². The minimum Gasteiger partial charge on any atom is -0.383 e. The molecule has 0 fully saturated rings. The van der Waals surface area contributed by atoms with Crippen molar-refractivity contribution in [2.24, 2.45) is 0 Å². The number of benzene rings is 2. The van der Waals surface area contributed by atoms with Crippen LogP contribution in [0.1, 0.15) is 31.4 Å². The van der Waals surface area contributed by atoms with Crippen LogP contribution in [0.5, 0.6) is 0 Å². The molecule has 1 unspecified atom stereocenters. The first-order valence-corrected chi connectivity index (χ1v) is 8.30. The number of hydrogen-bond acceptors (Lipinski definition) is 5. The molecular formula is C20H24O5. The van der Waals surface area contributed by atoms with E-state index in [2.05, 4.69) is 6.07 Å². The first-order valence-electron chi connectivity index (χ1n) is 8.30. The Morgan fingerprint density at radius 1 is 0.960 bits per heavy atom. The molecule has 0 radical (unpaired) electrons. The predicted octanol–water partition coefficient (Wildman–Crippen LogP) is 2.80. The predicted molar refractivity (Wildman–Crippen MR) is 95.2 cm³/mol. The van der Waals surface area contributed by atoms with E-state index < -0.39 is 6.10 Å². The van der Waals surface area contributed by atoms with E-state index in [9.17, 15) is 14.7 Å². The van der Waals surface area contributed by atoms with Crippen LogP contribution in [-0.2, 0) is 32.3 Å². The fourth-order valence-electron chi connectivity index (χ4n) is 2.34. The van der Waals surface area contributed by atoms with Gasteiger partial charge in [0.1, 0.15) is 11.9 Å². The van der Waals surface area contributed by atoms with Gasteiger partial charge in [0.25, 0.3) is 0 Å². The van der Waals surface area contributed by atoms with Gasteiger partial charge in [0, 0.05) is 6.42 Å². The minimum atomic E-state index is -1.06. The SMILES string of the molecule is CC(=O)CCOCc1ccc2cc(COCC(O)C(C)=O)ccc2c1. The Morgan fingerprint density at radius 2 is 1.52 bits per heavy atom. The van der Waals surface area contributed by atoms with Crippen LogP contribution in [0.15, 0.2) is 36.4 Å². The number of fused-ring (bicyclic) bond motifs is 1. The highest BCUT2D eigenvalue weighted by Gasteiger charge is 2.09. The lowest BCUT2D eigenvalue weighted by Crippen LogP contribution is -2.23. The molecule has 0 spiro atoms. The van der Waals surface area contributed by atoms with Crippen molar-refractivity contribution >= 4 is 22.3 Å². The number of rotatable bonds is 10. The monoisotopic (exact) mass is 344 g/mol. The summed E-state index contributed by atoms with van der Waals surface area (Å²) in [5.74, 6) is -0.166. The van der Waals surface area contributed by atoms with E-state index in [1.165, 1.54) is 6.92 Å². The second-order valence-corrected chi connectivity index (χ2v) is 6.16. The molecule has 0 aliphatic heterocycles. The Kier molecular flexibility index (Phi) is 7.25. The average Bonchev–Trinajstić information content (AvgIpc) is 2.58. The van der Waals surface area contributed by atoms with Crippen LogP contribution in [-0.4, -0.2) is 36.0 Å². The summed E-state index contributed by atoms with van der Waals surface area (Å²) in [6.07, 6.45) is -0.624. The van der Waals surface area contributed by atoms with Gasteiger partial charge in [0.2, 0.25) is 0 Å². The van der Waals surface area contributed by atoms with Gasteiger partial charge in [-0.05, 0) is 47.9 Å². The molecule has 1 N–H and O–H groups in total. The third-order valence-electron chi connectivity index (χ3n) is 3.85. The van der Waals surface area contributed by atoms with E-state index in [0.29, 0.717) is 26.2 Å². The van der Waals surface area contributed by atoms with Crippen LogP contribution < -0.4 is 0 Å². The van der Waals surface area contributed by atoms with E-state index in [0.717, 1.165) is 21.9 Å². The summed E-state index contributed by atoms with van der Waals surface area (Å²) >= 11 is 0. The number of ketones is 2. The van der Waals surface area contributed by atoms with Crippen molar-refractivity contribution in [3.63, 3.8) is 0 Å². The van der Waals surface area contributed by atoms with Crippen molar-refractivity contribution in [3.05, 3.63) is 47.5 Å². The normalized spacial score (nSPS) is 12.3. The molecule has 0 aliphatic carbocycles. The van der Waals surface area contributed by atoms with Gasteiger partial charge in [-0.3, -0.25) is 9.59 Å². The number of ether oxygens (including phenoxy) is 2. The molecule has 134 valence electrons. The molecule has 2 rings (SSSR count). The molecule has 0 bridgehead atoms. The average molecular weight is 344 g/mol. The van der Waals surface area contributed by atoms with Crippen molar-refractivity contribution in [2.75, 3.05) is 13.2 Å². The lowest BCUT2D eigenvalue weighted by Gasteiger charge is -2.09. The van der Waals surface area contributed by atoms with Gasteiger partial charge in [-0.2, -0.15) is 0 Å². The molecular weight excluding hydrogens is 320 g/mol. The van der Waals surface area contributed by atoms with Gasteiger partial charge in [0.05, 0.1) is 26.4 Å². The zero-order chi connectivity index (χ0) is 18.2. The van der Waals surface area contributed by atoms with Crippen molar-refractivity contribution in [1.29, 1.82) is 0 Å². The molecule has 0 amide bonds. The number of aliphatic hydroxyl groups is 1. The zero-order valence-corrected chi connectivity index (χ0v) is 14.7. The summed E-state index contributed by atoms with van der Waals surface area (Å²) in [5, 5.41) is 11.6. The molecule has 0 saturated heterocycles. The molecule has 0 aromatic heterocycles. The van der Waals surface area contributed by atoms with Crippen molar-refractivity contribution < 1.29 is 24.2 Å². The second kappa shape index (κ2) is 9.42. The highest BCUT2D eigenvalue weighted by molar-refractivity contribution is 5.83. The Morgan fingerprint density at radius 3 is 2.04 bits per heavy atom. The van der Waals surface area contributed by atoms with Gasteiger partial charge in [-0.25, -0.2) is 0 Å². The van der Waals surface area contributed by atoms with Crippen LogP contribution in [0.25, 0.3) is 10.8 Å². The van der Waals surface area contributed by atoms with Crippen LogP contribution in [0.4, 0.5) is 0 Å². The summed E-state index contributed by atoms with van der Waals surface area (Å²) in [4.78, 5) is 21.8. The van der Waals surface area contributed by atoms with Crippen molar-refractivity contribution in [1.82, 2.24) is 0 Å². The van der Waals surface area contributed by atoms with Crippen LogP contribution in [0.2, 0.25) is 0 Å². The number of carbonyl (C=O) groups is 2. The Bertz CT molecular complexity index is 738. The van der Waals surface area contributed by atoms with E-state index >= 15 is 0 Å². The molecule has 0 heterocycles. The standard InChI is InChI=1S/C20H24O5/c1-14(21)7-8-24-11-16-3-5-19-10-17(4-6-18(19)9-16)12-25-13-20(23)15(2)22/h3-6,9-10,20,23H,7-8,11-13H2,1-2H3. The highest BCUT2D eigenvalue weighted by Crippen LogP contribution is 2.19. The lowest BCUT2D eigenvalue weighted by atomic mass is 10.0. The fraction of sp³-hybridized carbons (Fsp3) is 0.400. The quantitative estimate of drug-likeness (QED) is 0.671. The third kappa shape index (κ3) is 6.38. The molecule has 5 heteroatoms. The zero-order valence-electron chi connectivity index (χ0n) is 14.7. The van der Waals surface area contributed by atoms with Gasteiger partial charge in [0.15, 0.2) is 5.78 Å². The van der Waals surface area contributed by atoms with Gasteiger partial charge in [-0.15, -0.1) is 0 Å². The van der Waals surface area contributed by atoms with E-state index in [4.69, 9.17) is 9.47 Å². The Labute approximate surface area is 147 Å². The minimum absolute atomic E-state index is 0.00388. The summed E-state index contributed by atoms with van der Waals surface area (Å²) in [6.45, 7) is 4.17. The van der Waals surface area contributed by atoms with Crippen molar-refractivity contribution in [2.45, 2.75) is 39.6 Å². The molecule has 5 nitrogen and oxygen atoms in total. The van der Waals surface area contributed by atoms with Crippen LogP contribution in [0.3, 0.4) is 0 Å². The lowest BCUT2D eigenvalue weighted by molar-refractivity contribution is -0.128. The smallest absolute Gasteiger partial charge is 0.160 e. The maximum absolute atomic E-state index is 11.0. The van der Waals surface area contributed by atoms with E-state index in [1.807, 2.05) is 30.3 Å². The summed E-state index contributed by atoms with van der Waals surface area (Å²) in [6, 6.07) is 12.1. The first kappa shape index (κ1) is 19.2. The van der Waals surface area contributed by atoms with Gasteiger partial charge in [-0.1, -0.05) is 24.3 Å². The molecule has 2 aromatic rings. The topological polar surface area (TPSA) is 72.8 Å². The first-order chi connectivity index (χ1) is 12.0. The van der Waals surface area contributed by atoms with Crippen molar-refractivity contribution in [3.8, 4) is 0 Å². The summed E-state index contributed by atoms with van der Waals surface area (Å²) in [5.41, 5.74) is 2.04. The highest BCUT2D eigenvalue weighted by atomic mass is 16.5. The molecule has 1 atom stereocenters. The van der Waals surface area contributed by atoms with Crippen LogP contribution in [0, 0.1) is 0 Å².